The summed E-state index contributed by atoms with van der Waals surface area (Å²) in [6, 6.07) is 44.5. The molecule has 184 valence electrons. The fraction of sp³-hybridized carbons (Fsp3) is 0.135. The van der Waals surface area contributed by atoms with E-state index in [1.54, 1.807) is 0 Å². The number of benzene rings is 6. The molecule has 6 aromatic rings. The van der Waals surface area contributed by atoms with E-state index in [2.05, 4.69) is 133 Å². The molecule has 0 radical (unpaired) electrons. The maximum Gasteiger partial charge on any atom is 0.0525 e. The third-order valence-electron chi connectivity index (χ3n) is 8.15. The number of nitrogens with zero attached hydrogens (tertiary/aromatic N) is 1. The molecule has 0 N–H and O–H groups in total. The molecule has 0 atom stereocenters. The second-order valence-electron chi connectivity index (χ2n) is 10.5. The van der Waals surface area contributed by atoms with Crippen molar-refractivity contribution >= 4 is 38.6 Å². The van der Waals surface area contributed by atoms with Gasteiger partial charge in [0.2, 0.25) is 0 Å². The van der Waals surface area contributed by atoms with Crippen LogP contribution >= 0.6 is 0 Å². The van der Waals surface area contributed by atoms with Gasteiger partial charge in [-0.15, -0.1) is 0 Å². The maximum absolute atomic E-state index is 2.47. The molecule has 0 aliphatic heterocycles. The molecule has 1 aliphatic carbocycles. The van der Waals surface area contributed by atoms with Gasteiger partial charge in [0.25, 0.3) is 0 Å². The van der Waals surface area contributed by atoms with Crippen molar-refractivity contribution in [1.82, 2.24) is 0 Å². The average Bonchev–Trinajstić information content (AvgIpc) is 2.99. The van der Waals surface area contributed by atoms with E-state index in [4.69, 9.17) is 0 Å². The molecule has 1 heteroatoms. The molecule has 0 fully saturated rings. The van der Waals surface area contributed by atoms with Gasteiger partial charge in [-0.1, -0.05) is 91.0 Å². The Hall–Kier alpha value is -4.36. The van der Waals surface area contributed by atoms with Gasteiger partial charge >= 0.3 is 0 Å². The van der Waals surface area contributed by atoms with Crippen LogP contribution < -0.4 is 4.90 Å². The topological polar surface area (TPSA) is 3.24 Å². The molecule has 0 unspecified atom stereocenters. The molecule has 6 aromatic carbocycles. The molecule has 7 rings (SSSR count). The molecule has 0 aromatic heterocycles. The van der Waals surface area contributed by atoms with Crippen molar-refractivity contribution < 1.29 is 0 Å². The highest BCUT2D eigenvalue weighted by Crippen LogP contribution is 2.43. The van der Waals surface area contributed by atoms with E-state index in [1.807, 2.05) is 0 Å². The van der Waals surface area contributed by atoms with E-state index < -0.39 is 0 Å². The minimum atomic E-state index is 1.15. The van der Waals surface area contributed by atoms with Crippen molar-refractivity contribution in [3.63, 3.8) is 0 Å². The second-order valence-corrected chi connectivity index (χ2v) is 10.5. The Morgan fingerprint density at radius 3 is 2.03 bits per heavy atom. The molecule has 0 amide bonds. The Morgan fingerprint density at radius 1 is 0.553 bits per heavy atom. The molecule has 0 saturated heterocycles. The summed E-state index contributed by atoms with van der Waals surface area (Å²) >= 11 is 0. The van der Waals surface area contributed by atoms with Crippen molar-refractivity contribution in [3.8, 4) is 11.1 Å². The largest absolute Gasteiger partial charge is 0.310 e. The number of hydrogen-bond donors (Lipinski definition) is 0. The first-order chi connectivity index (χ1) is 18.8. The number of fused-ring (bicyclic) bond motifs is 4. The van der Waals surface area contributed by atoms with E-state index in [9.17, 15) is 0 Å². The highest BCUT2D eigenvalue weighted by molar-refractivity contribution is 6.13. The standard InChI is InChI=1S/C37H31N/c1-26-19-20-27-11-5-8-16-33(27)37(26)38(30-13-3-2-4-14-30)31-23-21-28(22-24-31)36-25-29-12-6-7-15-32(29)34-17-9-10-18-35(34)36/h2-4,6-7,9-10,12-15,17-25H,5,8,11,16H2,1H3. The van der Waals surface area contributed by atoms with Crippen LogP contribution in [0.25, 0.3) is 32.7 Å². The van der Waals surface area contributed by atoms with Crippen molar-refractivity contribution in [2.24, 2.45) is 0 Å². The predicted octanol–water partition coefficient (Wildman–Crippen LogP) is 10.3. The summed E-state index contributed by atoms with van der Waals surface area (Å²) in [7, 11) is 0. The lowest BCUT2D eigenvalue weighted by molar-refractivity contribution is 0.685. The van der Waals surface area contributed by atoms with Crippen molar-refractivity contribution in [1.29, 1.82) is 0 Å². The van der Waals surface area contributed by atoms with Gasteiger partial charge in [-0.3, -0.25) is 0 Å². The highest BCUT2D eigenvalue weighted by Gasteiger charge is 2.22. The SMILES string of the molecule is Cc1ccc2c(c1N(c1ccccc1)c1ccc(-c3cc4ccccc4c4ccccc34)cc1)CCCC2. The number of para-hydroxylation sites is 1. The summed E-state index contributed by atoms with van der Waals surface area (Å²) in [6.45, 7) is 2.26. The zero-order valence-corrected chi connectivity index (χ0v) is 21.8. The van der Waals surface area contributed by atoms with Crippen LogP contribution in [0.4, 0.5) is 17.1 Å². The summed E-state index contributed by atoms with van der Waals surface area (Å²) in [5.41, 5.74) is 10.7. The summed E-state index contributed by atoms with van der Waals surface area (Å²) in [4.78, 5) is 2.47. The van der Waals surface area contributed by atoms with Gasteiger partial charge in [-0.2, -0.15) is 0 Å². The van der Waals surface area contributed by atoms with Gasteiger partial charge in [-0.25, -0.2) is 0 Å². The smallest absolute Gasteiger partial charge is 0.0525 e. The molecule has 1 nitrogen and oxygen atoms in total. The van der Waals surface area contributed by atoms with E-state index in [1.165, 1.54) is 85.7 Å². The second kappa shape index (κ2) is 9.50. The van der Waals surface area contributed by atoms with E-state index >= 15 is 0 Å². The summed E-state index contributed by atoms with van der Waals surface area (Å²) < 4.78 is 0. The first-order valence-corrected chi connectivity index (χ1v) is 13.8. The zero-order valence-electron chi connectivity index (χ0n) is 21.8. The van der Waals surface area contributed by atoms with Crippen LogP contribution in [0.5, 0.6) is 0 Å². The van der Waals surface area contributed by atoms with Crippen LogP contribution in [0.3, 0.4) is 0 Å². The van der Waals surface area contributed by atoms with Crippen LogP contribution in [0.2, 0.25) is 0 Å². The molecule has 38 heavy (non-hydrogen) atoms. The summed E-state index contributed by atoms with van der Waals surface area (Å²) in [5, 5.41) is 5.19. The first kappa shape index (κ1) is 22.8. The molecule has 0 spiro atoms. The highest BCUT2D eigenvalue weighted by atomic mass is 15.1. The zero-order chi connectivity index (χ0) is 25.5. The third-order valence-corrected chi connectivity index (χ3v) is 8.15. The van der Waals surface area contributed by atoms with Crippen molar-refractivity contribution in [3.05, 3.63) is 138 Å². The normalized spacial score (nSPS) is 13.0. The number of rotatable bonds is 4. The lowest BCUT2D eigenvalue weighted by Crippen LogP contribution is -2.16. The van der Waals surface area contributed by atoms with Gasteiger partial charge in [0.15, 0.2) is 0 Å². The minimum absolute atomic E-state index is 1.15. The first-order valence-electron chi connectivity index (χ1n) is 13.8. The van der Waals surface area contributed by atoms with Crippen LogP contribution in [0.15, 0.2) is 121 Å². The minimum Gasteiger partial charge on any atom is -0.310 e. The lowest BCUT2D eigenvalue weighted by atomic mass is 9.88. The average molecular weight is 490 g/mol. The number of hydrogen-bond acceptors (Lipinski definition) is 1. The Kier molecular flexibility index (Phi) is 5.70. The Labute approximate surface area is 225 Å². The van der Waals surface area contributed by atoms with Crippen LogP contribution in [-0.2, 0) is 12.8 Å². The Bertz CT molecular complexity index is 1760. The summed E-state index contributed by atoms with van der Waals surface area (Å²) in [6.07, 6.45) is 4.88. The van der Waals surface area contributed by atoms with Crippen molar-refractivity contribution in [2.45, 2.75) is 32.6 Å². The van der Waals surface area contributed by atoms with Gasteiger partial charge in [-0.05, 0) is 112 Å². The molecule has 0 saturated carbocycles. The van der Waals surface area contributed by atoms with E-state index in [0.29, 0.717) is 0 Å². The van der Waals surface area contributed by atoms with Gasteiger partial charge < -0.3 is 4.90 Å². The molecular weight excluding hydrogens is 458 g/mol. The van der Waals surface area contributed by atoms with Gasteiger partial charge in [0, 0.05) is 11.4 Å². The maximum atomic E-state index is 2.47. The monoisotopic (exact) mass is 489 g/mol. The van der Waals surface area contributed by atoms with E-state index in [0.717, 1.165) is 6.42 Å². The number of anilines is 3. The fourth-order valence-corrected chi connectivity index (χ4v) is 6.30. The molecule has 1 aliphatic rings. The fourth-order valence-electron chi connectivity index (χ4n) is 6.30. The molecular formula is C37H31N. The number of aryl methyl sites for hydroxylation is 2. The van der Waals surface area contributed by atoms with Crippen LogP contribution in [-0.4, -0.2) is 0 Å². The lowest BCUT2D eigenvalue weighted by Gasteiger charge is -2.32. The Morgan fingerprint density at radius 2 is 1.21 bits per heavy atom. The van der Waals surface area contributed by atoms with Gasteiger partial charge in [0.1, 0.15) is 0 Å². The predicted molar refractivity (Wildman–Crippen MR) is 163 cm³/mol. The molecule has 0 bridgehead atoms. The quantitative estimate of drug-likeness (QED) is 0.223. The van der Waals surface area contributed by atoms with E-state index in [-0.39, 0.29) is 0 Å². The Balaban J connectivity index is 1.39. The van der Waals surface area contributed by atoms with Crippen molar-refractivity contribution in [2.75, 3.05) is 4.90 Å². The van der Waals surface area contributed by atoms with Crippen LogP contribution in [0, 0.1) is 6.92 Å². The molecule has 0 heterocycles. The van der Waals surface area contributed by atoms with Crippen LogP contribution in [0.1, 0.15) is 29.5 Å². The van der Waals surface area contributed by atoms with Gasteiger partial charge in [0.05, 0.1) is 5.69 Å². The third kappa shape index (κ3) is 3.87. The summed E-state index contributed by atoms with van der Waals surface area (Å²) in [5.74, 6) is 0.